The lowest BCUT2D eigenvalue weighted by molar-refractivity contribution is -0.152. The minimum Gasteiger partial charge on any atom is -0.458 e. The highest BCUT2D eigenvalue weighted by Crippen LogP contribution is 2.32. The number of esters is 1. The second kappa shape index (κ2) is 8.25. The molecule has 4 atom stereocenters. The first kappa shape index (κ1) is 21.5. The summed E-state index contributed by atoms with van der Waals surface area (Å²) in [5, 5.41) is 0. The number of aryl methyl sites for hydroxylation is 2. The third-order valence-corrected chi connectivity index (χ3v) is 5.44. The van der Waals surface area contributed by atoms with Crippen molar-refractivity contribution in [2.24, 2.45) is 5.92 Å². The van der Waals surface area contributed by atoms with E-state index in [2.05, 4.69) is 0 Å². The van der Waals surface area contributed by atoms with Gasteiger partial charge in [-0.1, -0.05) is 42.8 Å². The highest BCUT2D eigenvalue weighted by atomic mass is 16.8. The number of rotatable bonds is 0. The SMILES string of the molecule is Cc1cc(C)c2c(c1)C=CC[C@@H]1OC(C)(C)O[C@@H]1C(=O)/C=C\[C@@H](C)[C@H](C)OC2=O. The first-order valence-electron chi connectivity index (χ1n) is 10.1. The molecule has 0 aliphatic carbocycles. The number of hydrogen-bond donors (Lipinski definition) is 0. The standard InChI is InChI=1S/C24H30O5/c1-14-12-16(3)21-18(13-14)8-7-9-20-22(29-24(5,6)28-20)19(25)11-10-15(2)17(4)27-23(21)26/h7-8,10-13,15,17,20,22H,9H2,1-6H3/b8-7?,11-10-/t15-,17+,20+,22-/m1/s1. The average molecular weight is 398 g/mol. The number of ketones is 1. The molecule has 5 nitrogen and oxygen atoms in total. The molecule has 0 radical (unpaired) electrons. The zero-order valence-corrected chi connectivity index (χ0v) is 18.0. The van der Waals surface area contributed by atoms with E-state index in [9.17, 15) is 9.59 Å². The van der Waals surface area contributed by atoms with Gasteiger partial charge in [0.05, 0.1) is 11.7 Å². The molecule has 2 aliphatic heterocycles. The van der Waals surface area contributed by atoms with Crippen molar-refractivity contribution in [3.8, 4) is 0 Å². The van der Waals surface area contributed by atoms with Gasteiger partial charge in [-0.15, -0.1) is 0 Å². The molecule has 2 heterocycles. The van der Waals surface area contributed by atoms with Crippen LogP contribution in [-0.2, 0) is 19.0 Å². The van der Waals surface area contributed by atoms with Gasteiger partial charge < -0.3 is 14.2 Å². The second-order valence-corrected chi connectivity index (χ2v) is 8.51. The first-order valence-corrected chi connectivity index (χ1v) is 10.1. The van der Waals surface area contributed by atoms with Gasteiger partial charge >= 0.3 is 5.97 Å². The number of carbonyl (C=O) groups excluding carboxylic acids is 2. The van der Waals surface area contributed by atoms with Crippen LogP contribution in [0.4, 0.5) is 0 Å². The molecule has 2 aliphatic rings. The van der Waals surface area contributed by atoms with Crippen molar-refractivity contribution >= 4 is 17.8 Å². The summed E-state index contributed by atoms with van der Waals surface area (Å²) < 4.78 is 17.6. The Morgan fingerprint density at radius 1 is 1.03 bits per heavy atom. The van der Waals surface area contributed by atoms with Crippen LogP contribution in [0.25, 0.3) is 6.08 Å². The van der Waals surface area contributed by atoms with Crippen LogP contribution in [0.5, 0.6) is 0 Å². The third kappa shape index (κ3) is 4.85. The molecule has 1 fully saturated rings. The Morgan fingerprint density at radius 2 is 1.76 bits per heavy atom. The molecule has 3 rings (SSSR count). The first-order chi connectivity index (χ1) is 13.6. The number of ether oxygens (including phenoxy) is 3. The van der Waals surface area contributed by atoms with Gasteiger partial charge in [0.15, 0.2) is 11.6 Å². The lowest BCUT2D eigenvalue weighted by Crippen LogP contribution is -2.30. The zero-order chi connectivity index (χ0) is 21.3. The fourth-order valence-electron chi connectivity index (χ4n) is 3.82. The van der Waals surface area contributed by atoms with E-state index in [4.69, 9.17) is 14.2 Å². The van der Waals surface area contributed by atoms with Gasteiger partial charge in [-0.05, 0) is 58.2 Å². The summed E-state index contributed by atoms with van der Waals surface area (Å²) in [6, 6.07) is 3.95. The number of benzene rings is 1. The van der Waals surface area contributed by atoms with Crippen LogP contribution in [0.1, 0.15) is 61.2 Å². The minimum atomic E-state index is -0.816. The molecule has 5 heteroatoms. The minimum absolute atomic E-state index is 0.121. The number of cyclic esters (lactones) is 1. The summed E-state index contributed by atoms with van der Waals surface area (Å²) in [7, 11) is 0. The lowest BCUT2D eigenvalue weighted by Gasteiger charge is -2.20. The highest BCUT2D eigenvalue weighted by Gasteiger charge is 2.43. The van der Waals surface area contributed by atoms with Crippen LogP contribution in [-0.4, -0.2) is 35.9 Å². The normalized spacial score (nSPS) is 30.8. The van der Waals surface area contributed by atoms with Gasteiger partial charge in [-0.25, -0.2) is 4.79 Å². The molecule has 0 unspecified atom stereocenters. The van der Waals surface area contributed by atoms with Gasteiger partial charge in [0.25, 0.3) is 0 Å². The largest absolute Gasteiger partial charge is 0.458 e. The van der Waals surface area contributed by atoms with E-state index in [1.165, 1.54) is 6.08 Å². The van der Waals surface area contributed by atoms with Crippen LogP contribution >= 0.6 is 0 Å². The maximum absolute atomic E-state index is 12.9. The quantitative estimate of drug-likeness (QED) is 0.600. The van der Waals surface area contributed by atoms with Crippen LogP contribution in [0.2, 0.25) is 0 Å². The molecule has 0 amide bonds. The van der Waals surface area contributed by atoms with Crippen molar-refractivity contribution in [3.63, 3.8) is 0 Å². The van der Waals surface area contributed by atoms with Crippen molar-refractivity contribution < 1.29 is 23.8 Å². The maximum Gasteiger partial charge on any atom is 0.339 e. The Bertz CT molecular complexity index is 864. The van der Waals surface area contributed by atoms with Crippen molar-refractivity contribution in [2.75, 3.05) is 0 Å². The smallest absolute Gasteiger partial charge is 0.339 e. The van der Waals surface area contributed by atoms with Crippen LogP contribution in [0, 0.1) is 19.8 Å². The van der Waals surface area contributed by atoms with Crippen LogP contribution < -0.4 is 0 Å². The monoisotopic (exact) mass is 398 g/mol. The van der Waals surface area contributed by atoms with E-state index in [0.717, 1.165) is 16.7 Å². The fraction of sp³-hybridized carbons (Fsp3) is 0.500. The van der Waals surface area contributed by atoms with Gasteiger partial charge in [0.1, 0.15) is 12.2 Å². The van der Waals surface area contributed by atoms with E-state index in [-0.39, 0.29) is 29.9 Å². The molecular weight excluding hydrogens is 368 g/mol. The molecule has 156 valence electrons. The van der Waals surface area contributed by atoms with Gasteiger partial charge in [-0.2, -0.15) is 0 Å². The number of fused-ring (bicyclic) bond motifs is 2. The Labute approximate surface area is 172 Å². The Hall–Kier alpha value is -2.24. The third-order valence-electron chi connectivity index (χ3n) is 5.44. The molecular formula is C24H30O5. The predicted octanol–water partition coefficient (Wildman–Crippen LogP) is 4.55. The van der Waals surface area contributed by atoms with Crippen LogP contribution in [0.15, 0.2) is 30.4 Å². The highest BCUT2D eigenvalue weighted by molar-refractivity contribution is 5.96. The van der Waals surface area contributed by atoms with E-state index in [1.807, 2.05) is 65.8 Å². The Morgan fingerprint density at radius 3 is 2.48 bits per heavy atom. The van der Waals surface area contributed by atoms with E-state index in [1.54, 1.807) is 6.08 Å². The second-order valence-electron chi connectivity index (χ2n) is 8.51. The van der Waals surface area contributed by atoms with Crippen molar-refractivity contribution in [1.82, 2.24) is 0 Å². The van der Waals surface area contributed by atoms with E-state index < -0.39 is 11.9 Å². The molecule has 1 aromatic carbocycles. The topological polar surface area (TPSA) is 61.8 Å². The molecule has 0 N–H and O–H groups in total. The summed E-state index contributed by atoms with van der Waals surface area (Å²) in [6.07, 6.45) is 6.23. The van der Waals surface area contributed by atoms with Crippen molar-refractivity contribution in [2.45, 2.75) is 72.1 Å². The lowest BCUT2D eigenvalue weighted by atomic mass is 9.96. The molecule has 0 aromatic heterocycles. The Balaban J connectivity index is 2.03. The van der Waals surface area contributed by atoms with Crippen molar-refractivity contribution in [3.05, 3.63) is 52.6 Å². The van der Waals surface area contributed by atoms with E-state index in [0.29, 0.717) is 12.0 Å². The zero-order valence-electron chi connectivity index (χ0n) is 18.0. The summed E-state index contributed by atoms with van der Waals surface area (Å²) in [6.45, 7) is 11.3. The Kier molecular flexibility index (Phi) is 6.11. The summed E-state index contributed by atoms with van der Waals surface area (Å²) >= 11 is 0. The van der Waals surface area contributed by atoms with Crippen molar-refractivity contribution in [1.29, 1.82) is 0 Å². The van der Waals surface area contributed by atoms with Gasteiger partial charge in [0.2, 0.25) is 0 Å². The predicted molar refractivity (Wildman–Crippen MR) is 112 cm³/mol. The fourth-order valence-corrected chi connectivity index (χ4v) is 3.82. The summed E-state index contributed by atoms with van der Waals surface area (Å²) in [5.74, 6) is -1.42. The maximum atomic E-state index is 12.9. The molecule has 0 bridgehead atoms. The molecule has 0 saturated carbocycles. The van der Waals surface area contributed by atoms with Crippen LogP contribution in [0.3, 0.4) is 0 Å². The van der Waals surface area contributed by atoms with Gasteiger partial charge in [-0.3, -0.25) is 4.79 Å². The van der Waals surface area contributed by atoms with Gasteiger partial charge in [0, 0.05) is 5.92 Å². The number of hydrogen-bond acceptors (Lipinski definition) is 5. The molecule has 29 heavy (non-hydrogen) atoms. The average Bonchev–Trinajstić information content (AvgIpc) is 2.92. The molecule has 1 aromatic rings. The molecule has 0 spiro atoms. The molecule has 1 saturated heterocycles. The summed E-state index contributed by atoms with van der Waals surface area (Å²) in [5.41, 5.74) is 3.33. The van der Waals surface area contributed by atoms with E-state index >= 15 is 0 Å². The number of carbonyl (C=O) groups is 2. The summed E-state index contributed by atoms with van der Waals surface area (Å²) in [4.78, 5) is 25.6.